The topological polar surface area (TPSA) is 53.2 Å². The molecule has 0 aromatic heterocycles. The van der Waals surface area contributed by atoms with Gasteiger partial charge in [0.2, 0.25) is 6.08 Å². The number of nitriles is 1. The first kappa shape index (κ1) is 8.92. The summed E-state index contributed by atoms with van der Waals surface area (Å²) in [7, 11) is 0. The van der Waals surface area contributed by atoms with Gasteiger partial charge < -0.3 is 0 Å². The molecule has 0 N–H and O–H groups in total. The van der Waals surface area contributed by atoms with E-state index in [-0.39, 0.29) is 0 Å². The van der Waals surface area contributed by atoms with Crippen LogP contribution in [-0.4, -0.2) is 6.08 Å². The smallest absolute Gasteiger partial charge is 0.211 e. The molecule has 0 unspecified atom stereocenters. The number of aliphatic imine (C=N–C) groups is 1. The number of hydrogen-bond donors (Lipinski definition) is 0. The lowest BCUT2D eigenvalue weighted by atomic mass is 10.2. The van der Waals surface area contributed by atoms with Crippen LogP contribution in [0.4, 0.5) is 5.69 Å². The van der Waals surface area contributed by atoms with Crippen molar-refractivity contribution in [1.82, 2.24) is 0 Å². The van der Waals surface area contributed by atoms with E-state index in [0.29, 0.717) is 5.69 Å². The average Bonchev–Trinajstić information content (AvgIpc) is 2.17. The van der Waals surface area contributed by atoms with Gasteiger partial charge in [0.15, 0.2) is 0 Å². The number of nitrogens with zero attached hydrogens (tertiary/aromatic N) is 2. The van der Waals surface area contributed by atoms with Crippen LogP contribution in [0.1, 0.15) is 5.56 Å². The zero-order valence-electron chi connectivity index (χ0n) is 6.77. The number of benzene rings is 1. The summed E-state index contributed by atoms with van der Waals surface area (Å²) in [5.74, 6) is 0. The van der Waals surface area contributed by atoms with E-state index in [1.54, 1.807) is 30.3 Å². The average molecular weight is 170 g/mol. The van der Waals surface area contributed by atoms with Crippen LogP contribution in [0.5, 0.6) is 0 Å². The van der Waals surface area contributed by atoms with Crippen molar-refractivity contribution in [2.75, 3.05) is 0 Å². The quantitative estimate of drug-likeness (QED) is 0.388. The van der Waals surface area contributed by atoms with Gasteiger partial charge in [0.05, 0.1) is 11.8 Å². The van der Waals surface area contributed by atoms with Crippen molar-refractivity contribution in [3.8, 4) is 6.07 Å². The maximum absolute atomic E-state index is 9.88. The molecule has 1 aromatic carbocycles. The third-order valence-corrected chi connectivity index (χ3v) is 1.42. The Morgan fingerprint density at radius 2 is 2.00 bits per heavy atom. The minimum atomic E-state index is 0.559. The summed E-state index contributed by atoms with van der Waals surface area (Å²) in [6.07, 6.45) is 4.51. The minimum Gasteiger partial charge on any atom is -0.211 e. The van der Waals surface area contributed by atoms with Crippen LogP contribution in [0.2, 0.25) is 0 Å². The van der Waals surface area contributed by atoms with E-state index >= 15 is 0 Å². The van der Waals surface area contributed by atoms with Crippen LogP contribution in [0.25, 0.3) is 6.08 Å². The molecule has 62 valence electrons. The van der Waals surface area contributed by atoms with Crippen molar-refractivity contribution in [1.29, 1.82) is 5.26 Å². The molecule has 13 heavy (non-hydrogen) atoms. The Balaban J connectivity index is 2.88. The van der Waals surface area contributed by atoms with Crippen LogP contribution < -0.4 is 0 Å². The molecule has 0 saturated carbocycles. The maximum Gasteiger partial charge on any atom is 0.240 e. The SMILES string of the molecule is N#CC=Cc1ccc(N=C=O)cc1. The maximum atomic E-state index is 9.88. The zero-order valence-corrected chi connectivity index (χ0v) is 6.77. The van der Waals surface area contributed by atoms with Crippen LogP contribution in [0.3, 0.4) is 0 Å². The highest BCUT2D eigenvalue weighted by atomic mass is 16.1. The number of rotatable bonds is 2. The first-order valence-electron chi connectivity index (χ1n) is 3.61. The largest absolute Gasteiger partial charge is 0.240 e. The van der Waals surface area contributed by atoms with E-state index in [4.69, 9.17) is 5.26 Å². The van der Waals surface area contributed by atoms with Crippen LogP contribution in [0.15, 0.2) is 35.3 Å². The number of allylic oxidation sites excluding steroid dienone is 1. The van der Waals surface area contributed by atoms with Gasteiger partial charge in [-0.1, -0.05) is 12.1 Å². The van der Waals surface area contributed by atoms with Gasteiger partial charge in [-0.05, 0) is 23.8 Å². The molecule has 0 atom stereocenters. The predicted molar refractivity (Wildman–Crippen MR) is 48.9 cm³/mol. The lowest BCUT2D eigenvalue weighted by Crippen LogP contribution is -1.69. The number of hydrogen-bond acceptors (Lipinski definition) is 3. The van der Waals surface area contributed by atoms with Crippen LogP contribution in [-0.2, 0) is 4.79 Å². The molecule has 0 heterocycles. The van der Waals surface area contributed by atoms with Gasteiger partial charge in [-0.15, -0.1) is 0 Å². The molecular weight excluding hydrogens is 164 g/mol. The molecule has 0 spiro atoms. The lowest BCUT2D eigenvalue weighted by Gasteiger charge is -1.91. The molecular formula is C10H6N2O. The van der Waals surface area contributed by atoms with Gasteiger partial charge in [0.25, 0.3) is 0 Å². The second kappa shape index (κ2) is 4.66. The lowest BCUT2D eigenvalue weighted by molar-refractivity contribution is 0.565. The monoisotopic (exact) mass is 170 g/mol. The summed E-state index contributed by atoms with van der Waals surface area (Å²) >= 11 is 0. The summed E-state index contributed by atoms with van der Waals surface area (Å²) < 4.78 is 0. The third-order valence-electron chi connectivity index (χ3n) is 1.42. The summed E-state index contributed by atoms with van der Waals surface area (Å²) in [4.78, 5) is 13.3. The Morgan fingerprint density at radius 1 is 1.31 bits per heavy atom. The van der Waals surface area contributed by atoms with Crippen LogP contribution >= 0.6 is 0 Å². The fourth-order valence-electron chi connectivity index (χ4n) is 0.846. The number of carbonyl (C=O) groups excluding carboxylic acids is 1. The molecule has 0 saturated heterocycles. The summed E-state index contributed by atoms with van der Waals surface area (Å²) in [5.41, 5.74) is 1.45. The van der Waals surface area contributed by atoms with Crippen LogP contribution in [0, 0.1) is 11.3 Å². The van der Waals surface area contributed by atoms with Gasteiger partial charge in [-0.3, -0.25) is 0 Å². The van der Waals surface area contributed by atoms with E-state index in [0.717, 1.165) is 5.56 Å². The fourth-order valence-corrected chi connectivity index (χ4v) is 0.846. The summed E-state index contributed by atoms with van der Waals surface area (Å²) in [5, 5.41) is 8.26. The molecule has 0 aliphatic heterocycles. The van der Waals surface area contributed by atoms with E-state index in [1.165, 1.54) is 12.2 Å². The predicted octanol–water partition coefficient (Wildman–Crippen LogP) is 2.19. The van der Waals surface area contributed by atoms with E-state index in [1.807, 2.05) is 6.07 Å². The zero-order chi connectivity index (χ0) is 9.52. The van der Waals surface area contributed by atoms with Crippen molar-refractivity contribution in [3.05, 3.63) is 35.9 Å². The standard InChI is InChI=1S/C10H6N2O/c11-7-1-2-9-3-5-10(6-4-9)12-8-13/h1-6H. The normalized spacial score (nSPS) is 9.15. The summed E-state index contributed by atoms with van der Waals surface area (Å²) in [6.45, 7) is 0. The van der Waals surface area contributed by atoms with Gasteiger partial charge in [0.1, 0.15) is 0 Å². The highest BCUT2D eigenvalue weighted by molar-refractivity contribution is 5.56. The Labute approximate surface area is 75.7 Å². The third kappa shape index (κ3) is 2.74. The Bertz CT molecular complexity index is 392. The second-order valence-electron chi connectivity index (χ2n) is 2.26. The molecule has 1 aromatic rings. The first-order valence-corrected chi connectivity index (χ1v) is 3.61. The molecule has 0 aliphatic rings. The van der Waals surface area contributed by atoms with Crippen molar-refractivity contribution in [2.24, 2.45) is 4.99 Å². The molecule has 3 nitrogen and oxygen atoms in total. The molecule has 0 bridgehead atoms. The van der Waals surface area contributed by atoms with Gasteiger partial charge in [0, 0.05) is 6.08 Å². The minimum absolute atomic E-state index is 0.559. The molecule has 0 aliphatic carbocycles. The molecule has 0 amide bonds. The van der Waals surface area contributed by atoms with Crippen molar-refractivity contribution >= 4 is 17.8 Å². The van der Waals surface area contributed by atoms with Crippen molar-refractivity contribution < 1.29 is 4.79 Å². The van der Waals surface area contributed by atoms with Gasteiger partial charge >= 0.3 is 0 Å². The number of isocyanates is 1. The van der Waals surface area contributed by atoms with E-state index in [9.17, 15) is 4.79 Å². The second-order valence-corrected chi connectivity index (χ2v) is 2.26. The Morgan fingerprint density at radius 3 is 2.54 bits per heavy atom. The molecule has 0 fully saturated rings. The highest BCUT2D eigenvalue weighted by Gasteiger charge is 1.88. The molecule has 0 radical (unpaired) electrons. The van der Waals surface area contributed by atoms with Crippen molar-refractivity contribution in [3.63, 3.8) is 0 Å². The highest BCUT2D eigenvalue weighted by Crippen LogP contribution is 2.12. The fraction of sp³-hybridized carbons (Fsp3) is 0. The van der Waals surface area contributed by atoms with E-state index < -0.39 is 0 Å². The summed E-state index contributed by atoms with van der Waals surface area (Å²) in [6, 6.07) is 8.79. The molecule has 1 rings (SSSR count). The Hall–Kier alpha value is -2.17. The molecule has 3 heteroatoms. The Kier molecular flexibility index (Phi) is 3.20. The van der Waals surface area contributed by atoms with E-state index in [2.05, 4.69) is 4.99 Å². The van der Waals surface area contributed by atoms with Gasteiger partial charge in [-0.25, -0.2) is 4.79 Å². The van der Waals surface area contributed by atoms with Gasteiger partial charge in [-0.2, -0.15) is 10.3 Å². The first-order chi connectivity index (χ1) is 6.36. The van der Waals surface area contributed by atoms with Crippen molar-refractivity contribution in [2.45, 2.75) is 0 Å².